The number of hydrogen-bond donors (Lipinski definition) is 1. The lowest BCUT2D eigenvalue weighted by Gasteiger charge is -2.09. The summed E-state index contributed by atoms with van der Waals surface area (Å²) in [5.74, 6) is 1.37. The van der Waals surface area contributed by atoms with Crippen molar-refractivity contribution >= 4 is 5.91 Å². The quantitative estimate of drug-likeness (QED) is 0.850. The molecule has 0 unspecified atom stereocenters. The summed E-state index contributed by atoms with van der Waals surface area (Å²) in [5, 5.41) is 11.7. The molecule has 0 aliphatic carbocycles. The number of methoxy groups -OCH3 is 2. The largest absolute Gasteiger partial charge is 0.497 e. The number of carbonyl (C=O) groups excluding carboxylic acids is 1. The fourth-order valence-corrected chi connectivity index (χ4v) is 2.31. The number of hydrogen-bond acceptors (Lipinski definition) is 4. The number of ether oxygens (including phenoxy) is 2. The van der Waals surface area contributed by atoms with E-state index < -0.39 is 0 Å². The van der Waals surface area contributed by atoms with Gasteiger partial charge in [-0.3, -0.25) is 4.79 Å². The van der Waals surface area contributed by atoms with Crippen LogP contribution >= 0.6 is 0 Å². The van der Waals surface area contributed by atoms with E-state index in [1.54, 1.807) is 32.4 Å². The number of benzene rings is 2. The monoisotopic (exact) mass is 324 g/mol. The molecule has 0 aliphatic heterocycles. The standard InChI is InChI=1S/C19H20N2O3/c1-23-17-9-14(10-18(11-17)24-2)6-7-19(22)21-13-16-5-3-4-15(8-16)12-20/h3-5,8-11H,6-7,13H2,1-2H3,(H,21,22). The van der Waals surface area contributed by atoms with Crippen LogP contribution in [0.15, 0.2) is 42.5 Å². The number of carbonyl (C=O) groups is 1. The zero-order chi connectivity index (χ0) is 17.4. The molecule has 5 nitrogen and oxygen atoms in total. The van der Waals surface area contributed by atoms with Crippen molar-refractivity contribution in [2.75, 3.05) is 14.2 Å². The predicted octanol–water partition coefficient (Wildman–Crippen LogP) is 2.82. The van der Waals surface area contributed by atoms with Gasteiger partial charge in [0.1, 0.15) is 11.5 Å². The average Bonchev–Trinajstić information content (AvgIpc) is 2.64. The second-order valence-corrected chi connectivity index (χ2v) is 5.31. The first-order chi connectivity index (χ1) is 11.6. The molecule has 0 radical (unpaired) electrons. The number of nitrogens with zero attached hydrogens (tertiary/aromatic N) is 1. The van der Waals surface area contributed by atoms with Crippen LogP contribution in [-0.2, 0) is 17.8 Å². The van der Waals surface area contributed by atoms with Crippen molar-refractivity contribution in [3.8, 4) is 17.6 Å². The van der Waals surface area contributed by atoms with Crippen LogP contribution in [0.3, 0.4) is 0 Å². The van der Waals surface area contributed by atoms with Gasteiger partial charge in [-0.2, -0.15) is 5.26 Å². The van der Waals surface area contributed by atoms with Crippen molar-refractivity contribution < 1.29 is 14.3 Å². The van der Waals surface area contributed by atoms with Gasteiger partial charge in [0.25, 0.3) is 0 Å². The first kappa shape index (κ1) is 17.4. The summed E-state index contributed by atoms with van der Waals surface area (Å²) in [7, 11) is 3.20. The topological polar surface area (TPSA) is 71.3 Å². The fraction of sp³-hybridized carbons (Fsp3) is 0.263. The highest BCUT2D eigenvalue weighted by atomic mass is 16.5. The van der Waals surface area contributed by atoms with Crippen LogP contribution in [0, 0.1) is 11.3 Å². The van der Waals surface area contributed by atoms with Gasteiger partial charge in [0, 0.05) is 19.0 Å². The maximum Gasteiger partial charge on any atom is 0.220 e. The van der Waals surface area contributed by atoms with Crippen molar-refractivity contribution in [1.29, 1.82) is 5.26 Å². The van der Waals surface area contributed by atoms with Crippen LogP contribution < -0.4 is 14.8 Å². The van der Waals surface area contributed by atoms with E-state index in [4.69, 9.17) is 14.7 Å². The Balaban J connectivity index is 1.88. The Hall–Kier alpha value is -3.00. The Bertz CT molecular complexity index is 728. The zero-order valence-corrected chi connectivity index (χ0v) is 13.8. The van der Waals surface area contributed by atoms with E-state index in [1.807, 2.05) is 24.3 Å². The molecule has 0 saturated carbocycles. The van der Waals surface area contributed by atoms with Crippen LogP contribution in [0.2, 0.25) is 0 Å². The molecule has 0 aliphatic rings. The summed E-state index contributed by atoms with van der Waals surface area (Å²) in [4.78, 5) is 12.0. The summed E-state index contributed by atoms with van der Waals surface area (Å²) >= 11 is 0. The molecule has 24 heavy (non-hydrogen) atoms. The summed E-state index contributed by atoms with van der Waals surface area (Å²) in [6, 6.07) is 14.9. The van der Waals surface area contributed by atoms with Gasteiger partial charge in [-0.1, -0.05) is 12.1 Å². The van der Waals surface area contributed by atoms with Gasteiger partial charge in [0.15, 0.2) is 0 Å². The Morgan fingerprint density at radius 1 is 1.08 bits per heavy atom. The van der Waals surface area contributed by atoms with Gasteiger partial charge >= 0.3 is 0 Å². The van der Waals surface area contributed by atoms with E-state index in [2.05, 4.69) is 11.4 Å². The number of aryl methyl sites for hydroxylation is 1. The van der Waals surface area contributed by atoms with E-state index >= 15 is 0 Å². The molecule has 2 aromatic rings. The van der Waals surface area contributed by atoms with E-state index in [1.165, 1.54) is 0 Å². The highest BCUT2D eigenvalue weighted by Crippen LogP contribution is 2.23. The van der Waals surface area contributed by atoms with Crippen molar-refractivity contribution in [2.45, 2.75) is 19.4 Å². The minimum atomic E-state index is -0.0425. The second-order valence-electron chi connectivity index (χ2n) is 5.31. The Kier molecular flexibility index (Phi) is 6.21. The van der Waals surface area contributed by atoms with Crippen molar-refractivity contribution in [2.24, 2.45) is 0 Å². The molecule has 1 amide bonds. The van der Waals surface area contributed by atoms with Crippen LogP contribution in [0.25, 0.3) is 0 Å². The third kappa shape index (κ3) is 5.03. The lowest BCUT2D eigenvalue weighted by atomic mass is 10.1. The first-order valence-electron chi connectivity index (χ1n) is 7.62. The maximum atomic E-state index is 12.0. The molecule has 124 valence electrons. The lowest BCUT2D eigenvalue weighted by molar-refractivity contribution is -0.121. The third-order valence-corrected chi connectivity index (χ3v) is 3.60. The molecule has 0 fully saturated rings. The molecule has 2 rings (SSSR count). The fourth-order valence-electron chi connectivity index (χ4n) is 2.31. The summed E-state index contributed by atoms with van der Waals surface area (Å²) in [6.07, 6.45) is 0.964. The zero-order valence-electron chi connectivity index (χ0n) is 13.8. The van der Waals surface area contributed by atoms with Crippen LogP contribution in [0.1, 0.15) is 23.1 Å². The predicted molar refractivity (Wildman–Crippen MR) is 90.9 cm³/mol. The van der Waals surface area contributed by atoms with Crippen molar-refractivity contribution in [1.82, 2.24) is 5.32 Å². The summed E-state index contributed by atoms with van der Waals surface area (Å²) < 4.78 is 10.4. The number of rotatable bonds is 7. The van der Waals surface area contributed by atoms with Gasteiger partial charge in [-0.15, -0.1) is 0 Å². The SMILES string of the molecule is COc1cc(CCC(=O)NCc2cccc(C#N)c2)cc(OC)c1. The van der Waals surface area contributed by atoms with E-state index in [0.29, 0.717) is 36.4 Å². The normalized spacial score (nSPS) is 9.88. The molecule has 0 heterocycles. The van der Waals surface area contributed by atoms with E-state index in [0.717, 1.165) is 11.1 Å². The maximum absolute atomic E-state index is 12.0. The summed E-state index contributed by atoms with van der Waals surface area (Å²) in [5.41, 5.74) is 2.48. The smallest absolute Gasteiger partial charge is 0.220 e. The van der Waals surface area contributed by atoms with Gasteiger partial charge in [-0.25, -0.2) is 0 Å². The number of amides is 1. The van der Waals surface area contributed by atoms with Crippen molar-refractivity contribution in [3.63, 3.8) is 0 Å². The lowest BCUT2D eigenvalue weighted by Crippen LogP contribution is -2.23. The van der Waals surface area contributed by atoms with Gasteiger partial charge < -0.3 is 14.8 Å². The number of nitrogens with one attached hydrogen (secondary N) is 1. The minimum Gasteiger partial charge on any atom is -0.497 e. The highest BCUT2D eigenvalue weighted by molar-refractivity contribution is 5.76. The van der Waals surface area contributed by atoms with E-state index in [9.17, 15) is 4.79 Å². The van der Waals surface area contributed by atoms with E-state index in [-0.39, 0.29) is 5.91 Å². The van der Waals surface area contributed by atoms with Crippen LogP contribution in [-0.4, -0.2) is 20.1 Å². The van der Waals surface area contributed by atoms with Crippen LogP contribution in [0.4, 0.5) is 0 Å². The molecule has 0 saturated heterocycles. The molecule has 5 heteroatoms. The first-order valence-corrected chi connectivity index (χ1v) is 7.62. The van der Waals surface area contributed by atoms with Gasteiger partial charge in [0.2, 0.25) is 5.91 Å². The molecular formula is C19H20N2O3. The molecular weight excluding hydrogens is 304 g/mol. The summed E-state index contributed by atoms with van der Waals surface area (Å²) in [6.45, 7) is 0.412. The molecule has 2 aromatic carbocycles. The Labute approximate surface area is 141 Å². The highest BCUT2D eigenvalue weighted by Gasteiger charge is 2.06. The minimum absolute atomic E-state index is 0.0425. The molecule has 0 bridgehead atoms. The van der Waals surface area contributed by atoms with Gasteiger partial charge in [-0.05, 0) is 41.8 Å². The molecule has 0 atom stereocenters. The van der Waals surface area contributed by atoms with Gasteiger partial charge in [0.05, 0.1) is 25.9 Å². The van der Waals surface area contributed by atoms with Crippen LogP contribution in [0.5, 0.6) is 11.5 Å². The average molecular weight is 324 g/mol. The Morgan fingerprint density at radius 2 is 1.79 bits per heavy atom. The second kappa shape index (κ2) is 8.59. The molecule has 0 spiro atoms. The number of nitriles is 1. The van der Waals surface area contributed by atoms with Crippen molar-refractivity contribution in [3.05, 3.63) is 59.2 Å². The third-order valence-electron chi connectivity index (χ3n) is 3.60. The molecule has 1 N–H and O–H groups in total. The Morgan fingerprint density at radius 3 is 2.42 bits per heavy atom. The molecule has 0 aromatic heterocycles.